The van der Waals surface area contributed by atoms with Crippen molar-refractivity contribution in [3.8, 4) is 11.8 Å². The molecule has 1 saturated heterocycles. The average Bonchev–Trinajstić information content (AvgIpc) is 3.33. The molecule has 1 amide bonds. The van der Waals surface area contributed by atoms with Crippen molar-refractivity contribution in [2.45, 2.75) is 82.6 Å². The minimum Gasteiger partial charge on any atom is -0.497 e. The van der Waals surface area contributed by atoms with Gasteiger partial charge in [-0.15, -0.1) is 0 Å². The van der Waals surface area contributed by atoms with Gasteiger partial charge >= 0.3 is 6.09 Å². The van der Waals surface area contributed by atoms with Gasteiger partial charge in [0, 0.05) is 26.7 Å². The van der Waals surface area contributed by atoms with Crippen LogP contribution < -0.4 is 4.74 Å². The minimum absolute atomic E-state index is 0.00674. The van der Waals surface area contributed by atoms with Crippen LogP contribution in [0.4, 0.5) is 4.79 Å². The zero-order chi connectivity index (χ0) is 31.3. The molecule has 0 spiro atoms. The van der Waals surface area contributed by atoms with E-state index in [0.29, 0.717) is 23.7 Å². The van der Waals surface area contributed by atoms with Crippen molar-refractivity contribution < 1.29 is 27.4 Å². The van der Waals surface area contributed by atoms with Crippen LogP contribution in [0.5, 0.6) is 5.75 Å². The van der Waals surface area contributed by atoms with E-state index in [1.54, 1.807) is 12.0 Å². The van der Waals surface area contributed by atoms with Crippen LogP contribution in [-0.4, -0.2) is 87.2 Å². The van der Waals surface area contributed by atoms with Crippen molar-refractivity contribution in [1.82, 2.24) is 13.5 Å². The van der Waals surface area contributed by atoms with Crippen molar-refractivity contribution in [3.63, 3.8) is 0 Å². The molecule has 1 saturated carbocycles. The molecule has 43 heavy (non-hydrogen) atoms. The topological polar surface area (TPSA) is 112 Å². The first-order valence-corrected chi connectivity index (χ1v) is 16.2. The van der Waals surface area contributed by atoms with E-state index in [0.717, 1.165) is 36.8 Å². The maximum atomic E-state index is 13.7. The fourth-order valence-corrected chi connectivity index (χ4v) is 7.71. The number of nitriles is 1. The summed E-state index contributed by atoms with van der Waals surface area (Å²) in [4.78, 5) is 14.6. The van der Waals surface area contributed by atoms with Gasteiger partial charge in [-0.25, -0.2) is 4.79 Å². The van der Waals surface area contributed by atoms with Crippen LogP contribution in [0, 0.1) is 18.3 Å². The number of benzene rings is 2. The number of hydrogen-bond acceptors (Lipinski definition) is 7. The van der Waals surface area contributed by atoms with Crippen LogP contribution in [0.2, 0.25) is 0 Å². The highest BCUT2D eigenvalue weighted by Crippen LogP contribution is 2.37. The lowest BCUT2D eigenvalue weighted by atomic mass is 9.82. The first-order chi connectivity index (χ1) is 20.5. The zero-order valence-corrected chi connectivity index (χ0v) is 26.8. The van der Waals surface area contributed by atoms with E-state index in [1.165, 1.54) is 35.4 Å². The minimum atomic E-state index is -3.86. The number of methoxy groups -OCH3 is 2. The normalized spacial score (nSPS) is 24.3. The second-order valence-electron chi connectivity index (χ2n) is 11.8. The summed E-state index contributed by atoms with van der Waals surface area (Å²) in [6.07, 6.45) is 3.61. The molecule has 1 aliphatic heterocycles. The summed E-state index contributed by atoms with van der Waals surface area (Å²) in [7, 11) is 2.12. The fraction of sp³-hybridized carbons (Fsp3) is 0.562. The summed E-state index contributed by atoms with van der Waals surface area (Å²) in [5, 5.41) is 9.26. The summed E-state index contributed by atoms with van der Waals surface area (Å²) >= 11 is 0. The van der Waals surface area contributed by atoms with Gasteiger partial charge in [0.25, 0.3) is 10.2 Å². The third-order valence-corrected chi connectivity index (χ3v) is 10.8. The van der Waals surface area contributed by atoms with E-state index in [1.807, 2.05) is 44.2 Å². The molecule has 0 aromatic heterocycles. The predicted molar refractivity (Wildman–Crippen MR) is 164 cm³/mol. The lowest BCUT2D eigenvalue weighted by Gasteiger charge is -2.37. The van der Waals surface area contributed by atoms with Crippen LogP contribution >= 0.6 is 0 Å². The summed E-state index contributed by atoms with van der Waals surface area (Å²) in [5.41, 5.74) is 3.76. The van der Waals surface area contributed by atoms with Crippen molar-refractivity contribution in [2.24, 2.45) is 0 Å². The molecule has 0 N–H and O–H groups in total. The molecule has 2 aromatic carbocycles. The number of amides is 1. The highest BCUT2D eigenvalue weighted by atomic mass is 32.2. The second-order valence-corrected chi connectivity index (χ2v) is 13.9. The monoisotopic (exact) mass is 612 g/mol. The Morgan fingerprint density at radius 3 is 2.30 bits per heavy atom. The first kappa shape index (κ1) is 32.7. The number of aryl methyl sites for hydroxylation is 1. The Balaban J connectivity index is 1.52. The zero-order valence-electron chi connectivity index (χ0n) is 26.0. The van der Waals surface area contributed by atoms with Gasteiger partial charge in [0.05, 0.1) is 50.6 Å². The van der Waals surface area contributed by atoms with Crippen LogP contribution in [0.25, 0.3) is 0 Å². The molecule has 2 aromatic rings. The van der Waals surface area contributed by atoms with Crippen molar-refractivity contribution in [3.05, 3.63) is 64.7 Å². The van der Waals surface area contributed by atoms with Gasteiger partial charge in [-0.05, 0) is 86.8 Å². The molecular formula is C32H44N4O6S. The second kappa shape index (κ2) is 14.1. The highest BCUT2D eigenvalue weighted by molar-refractivity contribution is 7.86. The molecule has 3 atom stereocenters. The van der Waals surface area contributed by atoms with E-state index in [9.17, 15) is 18.5 Å². The Hall–Kier alpha value is -3.17. The summed E-state index contributed by atoms with van der Waals surface area (Å²) < 4.78 is 47.0. The van der Waals surface area contributed by atoms with Crippen LogP contribution in [0.1, 0.15) is 67.2 Å². The van der Waals surface area contributed by atoms with E-state index in [4.69, 9.17) is 14.2 Å². The third kappa shape index (κ3) is 7.32. The third-order valence-electron chi connectivity index (χ3n) is 8.89. The lowest BCUT2D eigenvalue weighted by molar-refractivity contribution is -0.0141. The Labute approximate surface area is 256 Å². The number of carbonyl (C=O) groups excluding carboxylic acids is 1. The van der Waals surface area contributed by atoms with Gasteiger partial charge in [-0.1, -0.05) is 24.3 Å². The number of hydrogen-bond donors (Lipinski definition) is 0. The standard InChI is InChI=1S/C32H44N4O6S/c1-22-17-26(9-10-27(22)19-33)25-11-15-29(16-12-25)42-21-31-30(18-23(2)36(31)32(37)41-6)35(43(38,39)34(3)4)20-24-7-13-28(40-5)14-8-24/h7-10,13-14,17,23,25,29-31H,11-12,15-16,18,20-21H2,1-6H3/t23-,25?,29?,30+,31+/m1/s1. The predicted octanol–water partition coefficient (Wildman–Crippen LogP) is 4.82. The molecule has 2 aliphatic rings. The molecule has 11 heteroatoms. The van der Waals surface area contributed by atoms with Crippen molar-refractivity contribution in [1.29, 1.82) is 5.26 Å². The quantitative estimate of drug-likeness (QED) is 0.378. The highest BCUT2D eigenvalue weighted by Gasteiger charge is 2.49. The molecule has 234 valence electrons. The molecule has 1 heterocycles. The Kier molecular flexibility index (Phi) is 10.7. The SMILES string of the molecule is COC(=O)N1[C@H](C)C[C@H](N(Cc2ccc(OC)cc2)S(=O)(=O)N(C)C)[C@@H]1COC1CCC(c2ccc(C#N)c(C)c2)CC1. The molecule has 2 fully saturated rings. The summed E-state index contributed by atoms with van der Waals surface area (Å²) in [5.74, 6) is 1.09. The molecule has 0 unspecified atom stereocenters. The van der Waals surface area contributed by atoms with Crippen LogP contribution in [-0.2, 0) is 26.2 Å². The maximum Gasteiger partial charge on any atom is 0.410 e. The Morgan fingerprint density at radius 2 is 1.74 bits per heavy atom. The molecule has 1 aliphatic carbocycles. The Morgan fingerprint density at radius 1 is 1.07 bits per heavy atom. The van der Waals surface area contributed by atoms with E-state index >= 15 is 0 Å². The summed E-state index contributed by atoms with van der Waals surface area (Å²) in [6.45, 7) is 4.24. The molecule has 0 radical (unpaired) electrons. The lowest BCUT2D eigenvalue weighted by Crippen LogP contribution is -2.53. The smallest absolute Gasteiger partial charge is 0.410 e. The fourth-order valence-electron chi connectivity index (χ4n) is 6.41. The van der Waals surface area contributed by atoms with Crippen LogP contribution in [0.3, 0.4) is 0 Å². The molecule has 0 bridgehead atoms. The van der Waals surface area contributed by atoms with E-state index in [2.05, 4.69) is 18.2 Å². The van der Waals surface area contributed by atoms with Crippen LogP contribution in [0.15, 0.2) is 42.5 Å². The first-order valence-electron chi connectivity index (χ1n) is 14.8. The van der Waals surface area contributed by atoms with Gasteiger partial charge in [0.2, 0.25) is 0 Å². The Bertz CT molecular complexity index is 1400. The number of likely N-dealkylation sites (tertiary alicyclic amines) is 1. The van der Waals surface area contributed by atoms with Crippen molar-refractivity contribution >= 4 is 16.3 Å². The van der Waals surface area contributed by atoms with Gasteiger partial charge in [0.1, 0.15) is 5.75 Å². The number of ether oxygens (including phenoxy) is 3. The molecule has 4 rings (SSSR count). The van der Waals surface area contributed by atoms with E-state index in [-0.39, 0.29) is 25.3 Å². The number of rotatable bonds is 10. The maximum absolute atomic E-state index is 13.7. The number of carbonyl (C=O) groups is 1. The summed E-state index contributed by atoms with van der Waals surface area (Å²) in [6, 6.07) is 14.4. The molecular weight excluding hydrogens is 568 g/mol. The van der Waals surface area contributed by atoms with E-state index < -0.39 is 28.4 Å². The van der Waals surface area contributed by atoms with Gasteiger partial charge in [-0.3, -0.25) is 4.90 Å². The largest absolute Gasteiger partial charge is 0.497 e. The van der Waals surface area contributed by atoms with Gasteiger partial charge in [-0.2, -0.15) is 22.3 Å². The van der Waals surface area contributed by atoms with Gasteiger partial charge < -0.3 is 14.2 Å². The molecule has 10 nitrogen and oxygen atoms in total. The van der Waals surface area contributed by atoms with Crippen molar-refractivity contribution in [2.75, 3.05) is 34.9 Å². The number of nitrogens with zero attached hydrogens (tertiary/aromatic N) is 4. The van der Waals surface area contributed by atoms with Gasteiger partial charge in [0.15, 0.2) is 0 Å². The average molecular weight is 613 g/mol.